The predicted molar refractivity (Wildman–Crippen MR) is 102 cm³/mol. The summed E-state index contributed by atoms with van der Waals surface area (Å²) in [5.41, 5.74) is 0.456. The standard InChI is InChI=1S/C20H15NO4S2/c1-12(16-6-4-10-26-16)21-20(23)13-8-9-15-18(11-13)27(24,25)17-7-3-2-5-14(17)19(15)22/h2-12H,1H3,(H,21,23)/t12-/m0/s1. The Morgan fingerprint density at radius 1 is 1.00 bits per heavy atom. The van der Waals surface area contributed by atoms with E-state index in [2.05, 4.69) is 5.32 Å². The first-order chi connectivity index (χ1) is 12.9. The lowest BCUT2D eigenvalue weighted by Gasteiger charge is -2.19. The number of hydrogen-bond donors (Lipinski definition) is 1. The number of fused-ring (bicyclic) bond motifs is 2. The van der Waals surface area contributed by atoms with Crippen LogP contribution in [-0.4, -0.2) is 20.1 Å². The molecule has 1 N–H and O–H groups in total. The van der Waals surface area contributed by atoms with Crippen LogP contribution in [0.2, 0.25) is 0 Å². The largest absolute Gasteiger partial charge is 0.345 e. The quantitative estimate of drug-likeness (QED) is 0.573. The van der Waals surface area contributed by atoms with Gasteiger partial charge in [0.15, 0.2) is 5.78 Å². The minimum Gasteiger partial charge on any atom is -0.345 e. The molecule has 0 saturated carbocycles. The third-order valence-electron chi connectivity index (χ3n) is 4.52. The fourth-order valence-electron chi connectivity index (χ4n) is 3.11. The van der Waals surface area contributed by atoms with Crippen LogP contribution >= 0.6 is 11.3 Å². The zero-order chi connectivity index (χ0) is 19.2. The highest BCUT2D eigenvalue weighted by Crippen LogP contribution is 2.34. The predicted octanol–water partition coefficient (Wildman–Crippen LogP) is 3.62. The number of thiophene rings is 1. The number of hydrogen-bond acceptors (Lipinski definition) is 5. The lowest BCUT2D eigenvalue weighted by molar-refractivity contribution is 0.0938. The minimum absolute atomic E-state index is 0.0213. The van der Waals surface area contributed by atoms with Gasteiger partial charge in [0.05, 0.1) is 15.8 Å². The first kappa shape index (κ1) is 17.6. The van der Waals surface area contributed by atoms with Crippen LogP contribution in [0.25, 0.3) is 0 Å². The van der Waals surface area contributed by atoms with Gasteiger partial charge in [0.25, 0.3) is 5.91 Å². The summed E-state index contributed by atoms with van der Waals surface area (Å²) in [5.74, 6) is -0.741. The van der Waals surface area contributed by atoms with Crippen LogP contribution in [0.5, 0.6) is 0 Å². The van der Waals surface area contributed by atoms with Gasteiger partial charge in [-0.2, -0.15) is 0 Å². The number of nitrogens with one attached hydrogen (secondary N) is 1. The third-order valence-corrected chi connectivity index (χ3v) is 7.42. The molecular formula is C20H15NO4S2. The molecule has 3 aromatic rings. The van der Waals surface area contributed by atoms with Gasteiger partial charge in [-0.1, -0.05) is 18.2 Å². The van der Waals surface area contributed by atoms with Crippen molar-refractivity contribution in [2.24, 2.45) is 0 Å². The zero-order valence-electron chi connectivity index (χ0n) is 14.3. The van der Waals surface area contributed by atoms with Crippen LogP contribution in [0.4, 0.5) is 0 Å². The summed E-state index contributed by atoms with van der Waals surface area (Å²) in [7, 11) is -3.86. The molecule has 136 valence electrons. The van der Waals surface area contributed by atoms with Crippen molar-refractivity contribution in [2.45, 2.75) is 22.8 Å². The van der Waals surface area contributed by atoms with Crippen LogP contribution < -0.4 is 5.32 Å². The van der Waals surface area contributed by atoms with Crippen LogP contribution in [0.3, 0.4) is 0 Å². The molecule has 1 aromatic heterocycles. The van der Waals surface area contributed by atoms with Crippen molar-refractivity contribution in [2.75, 3.05) is 0 Å². The van der Waals surface area contributed by atoms with E-state index >= 15 is 0 Å². The average molecular weight is 397 g/mol. The van der Waals surface area contributed by atoms with Gasteiger partial charge in [-0.05, 0) is 48.7 Å². The van der Waals surface area contributed by atoms with Crippen molar-refractivity contribution < 1.29 is 18.0 Å². The molecule has 5 nitrogen and oxygen atoms in total. The third kappa shape index (κ3) is 2.89. The molecule has 1 atom stereocenters. The first-order valence-corrected chi connectivity index (χ1v) is 10.6. The fourth-order valence-corrected chi connectivity index (χ4v) is 5.53. The molecule has 0 fully saturated rings. The number of rotatable bonds is 3. The average Bonchev–Trinajstić information content (AvgIpc) is 3.21. The van der Waals surface area contributed by atoms with E-state index in [1.807, 2.05) is 24.4 Å². The number of carbonyl (C=O) groups is 2. The van der Waals surface area contributed by atoms with Gasteiger partial charge in [-0.3, -0.25) is 9.59 Å². The highest BCUT2D eigenvalue weighted by atomic mass is 32.2. The normalized spacial score (nSPS) is 15.5. The zero-order valence-corrected chi connectivity index (χ0v) is 15.9. The molecule has 7 heteroatoms. The smallest absolute Gasteiger partial charge is 0.251 e. The Bertz CT molecular complexity index is 1160. The lowest BCUT2D eigenvalue weighted by Crippen LogP contribution is -2.27. The number of benzene rings is 2. The topological polar surface area (TPSA) is 80.3 Å². The molecule has 1 aliphatic rings. The summed E-state index contributed by atoms with van der Waals surface area (Å²) in [4.78, 5) is 26.1. The molecule has 2 aromatic carbocycles. The second-order valence-electron chi connectivity index (χ2n) is 6.25. The molecule has 0 spiro atoms. The van der Waals surface area contributed by atoms with E-state index in [1.165, 1.54) is 41.7 Å². The molecule has 0 radical (unpaired) electrons. The molecule has 0 unspecified atom stereocenters. The Hall–Kier alpha value is -2.77. The Morgan fingerprint density at radius 3 is 2.48 bits per heavy atom. The van der Waals surface area contributed by atoms with E-state index in [9.17, 15) is 18.0 Å². The Morgan fingerprint density at radius 2 is 1.74 bits per heavy atom. The van der Waals surface area contributed by atoms with Crippen molar-refractivity contribution in [1.82, 2.24) is 5.32 Å². The summed E-state index contributed by atoms with van der Waals surface area (Å²) < 4.78 is 25.9. The van der Waals surface area contributed by atoms with Crippen molar-refractivity contribution in [3.05, 3.63) is 81.5 Å². The maximum atomic E-state index is 12.9. The van der Waals surface area contributed by atoms with Gasteiger partial charge in [-0.15, -0.1) is 11.3 Å². The summed E-state index contributed by atoms with van der Waals surface area (Å²) in [6.45, 7) is 1.86. The van der Waals surface area contributed by atoms with Crippen LogP contribution in [0.15, 0.2) is 69.8 Å². The Kier molecular flexibility index (Phi) is 4.20. The van der Waals surface area contributed by atoms with E-state index in [4.69, 9.17) is 0 Å². The summed E-state index contributed by atoms with van der Waals surface area (Å²) in [5, 5.41) is 4.78. The van der Waals surface area contributed by atoms with Crippen LogP contribution in [-0.2, 0) is 9.84 Å². The minimum atomic E-state index is -3.86. The SMILES string of the molecule is C[C@H](NC(=O)c1ccc2c(c1)S(=O)(=O)c1ccccc1C2=O)c1cccs1. The molecule has 0 saturated heterocycles. The number of ketones is 1. The fraction of sp³-hybridized carbons (Fsp3) is 0.100. The number of amides is 1. The lowest BCUT2D eigenvalue weighted by atomic mass is 10.0. The van der Waals surface area contributed by atoms with Crippen molar-refractivity contribution in [3.63, 3.8) is 0 Å². The van der Waals surface area contributed by atoms with Gasteiger partial charge in [0.2, 0.25) is 9.84 Å². The molecule has 2 heterocycles. The van der Waals surface area contributed by atoms with Gasteiger partial charge in [0, 0.05) is 21.6 Å². The van der Waals surface area contributed by atoms with Crippen molar-refractivity contribution >= 4 is 32.9 Å². The van der Waals surface area contributed by atoms with Gasteiger partial charge in [0.1, 0.15) is 0 Å². The molecule has 0 aliphatic carbocycles. The molecule has 1 aliphatic heterocycles. The second-order valence-corrected chi connectivity index (χ2v) is 9.12. The highest BCUT2D eigenvalue weighted by molar-refractivity contribution is 7.91. The van der Waals surface area contributed by atoms with Crippen molar-refractivity contribution in [1.29, 1.82) is 0 Å². The Balaban J connectivity index is 1.72. The maximum absolute atomic E-state index is 12.9. The summed E-state index contributed by atoms with van der Waals surface area (Å²) >= 11 is 1.53. The van der Waals surface area contributed by atoms with E-state index in [0.717, 1.165) is 4.88 Å². The molecule has 4 rings (SSSR count). The highest BCUT2D eigenvalue weighted by Gasteiger charge is 2.35. The second kappa shape index (κ2) is 6.44. The van der Waals surface area contributed by atoms with E-state index in [1.54, 1.807) is 12.1 Å². The summed E-state index contributed by atoms with van der Waals surface area (Å²) in [6.07, 6.45) is 0. The van der Waals surface area contributed by atoms with E-state index in [0.29, 0.717) is 0 Å². The Labute approximate surface area is 160 Å². The number of carbonyl (C=O) groups excluding carboxylic acids is 2. The molecule has 0 bridgehead atoms. The maximum Gasteiger partial charge on any atom is 0.251 e. The van der Waals surface area contributed by atoms with Crippen LogP contribution in [0.1, 0.15) is 44.1 Å². The van der Waals surface area contributed by atoms with Crippen LogP contribution in [0, 0.1) is 0 Å². The first-order valence-electron chi connectivity index (χ1n) is 8.27. The van der Waals surface area contributed by atoms with Gasteiger partial charge >= 0.3 is 0 Å². The number of sulfone groups is 1. The van der Waals surface area contributed by atoms with Crippen molar-refractivity contribution in [3.8, 4) is 0 Å². The van der Waals surface area contributed by atoms with E-state index < -0.39 is 9.84 Å². The van der Waals surface area contributed by atoms with Gasteiger partial charge < -0.3 is 5.32 Å². The van der Waals surface area contributed by atoms with Gasteiger partial charge in [-0.25, -0.2) is 8.42 Å². The molecule has 1 amide bonds. The molecule has 27 heavy (non-hydrogen) atoms. The van der Waals surface area contributed by atoms with E-state index in [-0.39, 0.29) is 44.2 Å². The monoisotopic (exact) mass is 397 g/mol. The summed E-state index contributed by atoms with van der Waals surface area (Å²) in [6, 6.07) is 13.9. The molecular weight excluding hydrogens is 382 g/mol.